The number of aromatic nitrogens is 1. The topological polar surface area (TPSA) is 103 Å². The third kappa shape index (κ3) is 3.04. The lowest BCUT2D eigenvalue weighted by atomic mass is 9.85. The van der Waals surface area contributed by atoms with Crippen molar-refractivity contribution in [2.45, 2.75) is 32.2 Å². The zero-order valence-corrected chi connectivity index (χ0v) is 14.4. The lowest BCUT2D eigenvalue weighted by molar-refractivity contribution is -0.129. The molecular formula is C17H22N4O4. The van der Waals surface area contributed by atoms with Gasteiger partial charge in [0.25, 0.3) is 11.8 Å². The van der Waals surface area contributed by atoms with Crippen molar-refractivity contribution in [2.75, 3.05) is 19.6 Å². The minimum atomic E-state index is -0.873. The highest BCUT2D eigenvalue weighted by molar-refractivity contribution is 6.07. The van der Waals surface area contributed by atoms with E-state index in [1.807, 2.05) is 13.8 Å². The second-order valence-corrected chi connectivity index (χ2v) is 7.02. The Labute approximate surface area is 145 Å². The van der Waals surface area contributed by atoms with E-state index in [9.17, 15) is 19.2 Å². The SMILES string of the molecule is CC(C)CN1C(=O)NC(=O)C12CCN(C(=O)c1cccc(=O)[nH]1)CC2. The third-order valence-electron chi connectivity index (χ3n) is 4.83. The van der Waals surface area contributed by atoms with Crippen LogP contribution in [0.15, 0.2) is 23.0 Å². The monoisotopic (exact) mass is 346 g/mol. The van der Waals surface area contributed by atoms with Crippen molar-refractivity contribution in [3.05, 3.63) is 34.2 Å². The van der Waals surface area contributed by atoms with Gasteiger partial charge in [0.15, 0.2) is 0 Å². The molecule has 1 aromatic heterocycles. The molecule has 25 heavy (non-hydrogen) atoms. The fraction of sp³-hybridized carbons (Fsp3) is 0.529. The van der Waals surface area contributed by atoms with Gasteiger partial charge in [0.2, 0.25) is 5.56 Å². The number of nitrogens with zero attached hydrogens (tertiary/aromatic N) is 2. The van der Waals surface area contributed by atoms with Crippen LogP contribution >= 0.6 is 0 Å². The Hall–Kier alpha value is -2.64. The Morgan fingerprint density at radius 2 is 1.88 bits per heavy atom. The highest BCUT2D eigenvalue weighted by Gasteiger charge is 2.54. The highest BCUT2D eigenvalue weighted by Crippen LogP contribution is 2.34. The molecule has 2 fully saturated rings. The fourth-order valence-electron chi connectivity index (χ4n) is 3.54. The number of urea groups is 1. The smallest absolute Gasteiger partial charge is 0.325 e. The molecule has 2 N–H and O–H groups in total. The second kappa shape index (κ2) is 6.34. The quantitative estimate of drug-likeness (QED) is 0.781. The van der Waals surface area contributed by atoms with Crippen LogP contribution in [0.3, 0.4) is 0 Å². The summed E-state index contributed by atoms with van der Waals surface area (Å²) in [5, 5.41) is 2.41. The number of hydrogen-bond acceptors (Lipinski definition) is 4. The summed E-state index contributed by atoms with van der Waals surface area (Å²) in [6.07, 6.45) is 0.778. The fourth-order valence-corrected chi connectivity index (χ4v) is 3.54. The van der Waals surface area contributed by atoms with Crippen molar-refractivity contribution in [2.24, 2.45) is 5.92 Å². The molecule has 8 nitrogen and oxygen atoms in total. The van der Waals surface area contributed by atoms with Crippen LogP contribution in [0, 0.1) is 5.92 Å². The summed E-state index contributed by atoms with van der Waals surface area (Å²) >= 11 is 0. The van der Waals surface area contributed by atoms with Gasteiger partial charge in [-0.3, -0.25) is 19.7 Å². The number of likely N-dealkylation sites (tertiary alicyclic amines) is 1. The Balaban J connectivity index is 1.76. The number of imide groups is 1. The first-order valence-electron chi connectivity index (χ1n) is 8.45. The number of hydrogen-bond donors (Lipinski definition) is 2. The van der Waals surface area contributed by atoms with E-state index >= 15 is 0 Å². The second-order valence-electron chi connectivity index (χ2n) is 7.02. The number of carbonyl (C=O) groups is 3. The van der Waals surface area contributed by atoms with E-state index in [-0.39, 0.29) is 35.0 Å². The number of aromatic amines is 1. The van der Waals surface area contributed by atoms with Crippen LogP contribution in [-0.2, 0) is 4.79 Å². The number of H-pyrrole nitrogens is 1. The van der Waals surface area contributed by atoms with Crippen LogP contribution in [-0.4, -0.2) is 57.8 Å². The van der Waals surface area contributed by atoms with Gasteiger partial charge in [0, 0.05) is 25.7 Å². The van der Waals surface area contributed by atoms with Gasteiger partial charge in [-0.1, -0.05) is 19.9 Å². The summed E-state index contributed by atoms with van der Waals surface area (Å²) in [7, 11) is 0. The average molecular weight is 346 g/mol. The first kappa shape index (κ1) is 17.2. The molecule has 0 aliphatic carbocycles. The Morgan fingerprint density at radius 1 is 1.20 bits per heavy atom. The van der Waals surface area contributed by atoms with E-state index in [0.717, 1.165) is 0 Å². The average Bonchev–Trinajstić information content (AvgIpc) is 2.79. The molecule has 2 aliphatic rings. The van der Waals surface area contributed by atoms with E-state index in [0.29, 0.717) is 32.5 Å². The number of rotatable bonds is 3. The number of pyridine rings is 1. The van der Waals surface area contributed by atoms with Gasteiger partial charge < -0.3 is 14.8 Å². The van der Waals surface area contributed by atoms with Gasteiger partial charge in [-0.05, 0) is 24.8 Å². The van der Waals surface area contributed by atoms with Crippen LogP contribution in [0.25, 0.3) is 0 Å². The van der Waals surface area contributed by atoms with Gasteiger partial charge in [-0.15, -0.1) is 0 Å². The van der Waals surface area contributed by atoms with E-state index in [2.05, 4.69) is 10.3 Å². The normalized spacial score (nSPS) is 19.6. The van der Waals surface area contributed by atoms with Crippen molar-refractivity contribution in [3.63, 3.8) is 0 Å². The molecule has 0 bridgehead atoms. The van der Waals surface area contributed by atoms with E-state index in [1.165, 1.54) is 12.1 Å². The lowest BCUT2D eigenvalue weighted by Crippen LogP contribution is -2.58. The van der Waals surface area contributed by atoms with E-state index in [1.54, 1.807) is 15.9 Å². The van der Waals surface area contributed by atoms with Crippen molar-refractivity contribution in [1.29, 1.82) is 0 Å². The molecule has 8 heteroatoms. The van der Waals surface area contributed by atoms with Gasteiger partial charge in [-0.2, -0.15) is 0 Å². The molecule has 0 atom stereocenters. The molecule has 4 amide bonds. The highest BCUT2D eigenvalue weighted by atomic mass is 16.2. The molecule has 2 aliphatic heterocycles. The number of carbonyl (C=O) groups excluding carboxylic acids is 3. The maximum absolute atomic E-state index is 12.5. The summed E-state index contributed by atoms with van der Waals surface area (Å²) < 4.78 is 0. The largest absolute Gasteiger partial charge is 0.337 e. The van der Waals surface area contributed by atoms with E-state index in [4.69, 9.17) is 0 Å². The summed E-state index contributed by atoms with van der Waals surface area (Å²) in [4.78, 5) is 54.2. The lowest BCUT2D eigenvalue weighted by Gasteiger charge is -2.42. The summed E-state index contributed by atoms with van der Waals surface area (Å²) in [6, 6.07) is 4.08. The van der Waals surface area contributed by atoms with Crippen LogP contribution in [0.5, 0.6) is 0 Å². The Bertz CT molecular complexity index is 762. The molecule has 1 spiro atoms. The minimum absolute atomic E-state index is 0.231. The first-order chi connectivity index (χ1) is 11.8. The van der Waals surface area contributed by atoms with Crippen molar-refractivity contribution in [1.82, 2.24) is 20.1 Å². The van der Waals surface area contributed by atoms with Gasteiger partial charge in [-0.25, -0.2) is 4.79 Å². The molecule has 0 radical (unpaired) electrons. The number of piperidine rings is 1. The van der Waals surface area contributed by atoms with Crippen LogP contribution in [0.2, 0.25) is 0 Å². The molecule has 3 heterocycles. The molecular weight excluding hydrogens is 324 g/mol. The predicted octanol–water partition coefficient (Wildman–Crippen LogP) is 0.557. The molecule has 1 aromatic rings. The van der Waals surface area contributed by atoms with Crippen molar-refractivity contribution >= 4 is 17.8 Å². The summed E-state index contributed by atoms with van der Waals surface area (Å²) in [5.41, 5.74) is -0.972. The standard InChI is InChI=1S/C17H22N4O4/c1-11(2)10-21-16(25)19-15(24)17(21)6-8-20(9-7-17)14(23)12-4-3-5-13(22)18-12/h3-5,11H,6-10H2,1-2H3,(H,18,22)(H,19,24,25). The zero-order chi connectivity index (χ0) is 18.2. The van der Waals surface area contributed by atoms with E-state index < -0.39 is 5.54 Å². The molecule has 0 saturated carbocycles. The molecule has 134 valence electrons. The van der Waals surface area contributed by atoms with Gasteiger partial charge in [0.1, 0.15) is 11.2 Å². The number of amides is 4. The molecule has 2 saturated heterocycles. The van der Waals surface area contributed by atoms with Crippen molar-refractivity contribution in [3.8, 4) is 0 Å². The third-order valence-corrected chi connectivity index (χ3v) is 4.83. The summed E-state index contributed by atoms with van der Waals surface area (Å²) in [5.74, 6) is -0.311. The summed E-state index contributed by atoms with van der Waals surface area (Å²) in [6.45, 7) is 5.19. The van der Waals surface area contributed by atoms with Gasteiger partial charge >= 0.3 is 6.03 Å². The molecule has 0 aromatic carbocycles. The van der Waals surface area contributed by atoms with Crippen LogP contribution in [0.4, 0.5) is 4.79 Å². The maximum Gasteiger partial charge on any atom is 0.325 e. The minimum Gasteiger partial charge on any atom is -0.337 e. The molecule has 0 unspecified atom stereocenters. The van der Waals surface area contributed by atoms with Crippen LogP contribution in [0.1, 0.15) is 37.2 Å². The molecule has 3 rings (SSSR count). The predicted molar refractivity (Wildman–Crippen MR) is 90.0 cm³/mol. The van der Waals surface area contributed by atoms with Gasteiger partial charge in [0.05, 0.1) is 0 Å². The Kier molecular flexibility index (Phi) is 4.36. The zero-order valence-electron chi connectivity index (χ0n) is 14.4. The maximum atomic E-state index is 12.5. The van der Waals surface area contributed by atoms with Crippen molar-refractivity contribution < 1.29 is 14.4 Å². The number of nitrogens with one attached hydrogen (secondary N) is 2. The van der Waals surface area contributed by atoms with Crippen LogP contribution < -0.4 is 10.9 Å². The first-order valence-corrected chi connectivity index (χ1v) is 8.45. The Morgan fingerprint density at radius 3 is 2.48 bits per heavy atom.